The standard InChI is InChI=1S/C10H18O/c1-3-4-5-7-10(2)8-6-9-11/h4-6,8,10-11H,3,7,9H2,1-2H3/b5-4+,8-6-. The molecule has 0 aromatic carbocycles. The van der Waals surface area contributed by atoms with E-state index in [0.717, 1.165) is 12.8 Å². The Hall–Kier alpha value is -0.560. The van der Waals surface area contributed by atoms with E-state index in [-0.39, 0.29) is 6.61 Å². The lowest BCUT2D eigenvalue weighted by Crippen LogP contribution is -1.86. The molecule has 0 aliphatic heterocycles. The molecule has 0 aliphatic carbocycles. The van der Waals surface area contributed by atoms with Crippen molar-refractivity contribution in [3.8, 4) is 0 Å². The first kappa shape index (κ1) is 10.4. The van der Waals surface area contributed by atoms with E-state index in [1.165, 1.54) is 0 Å². The highest BCUT2D eigenvalue weighted by Gasteiger charge is 1.90. The summed E-state index contributed by atoms with van der Waals surface area (Å²) in [7, 11) is 0. The number of hydrogen-bond acceptors (Lipinski definition) is 1. The average molecular weight is 154 g/mol. The molecule has 0 spiro atoms. The summed E-state index contributed by atoms with van der Waals surface area (Å²) in [6, 6.07) is 0. The zero-order chi connectivity index (χ0) is 8.53. The monoisotopic (exact) mass is 154 g/mol. The van der Waals surface area contributed by atoms with Crippen molar-refractivity contribution in [2.24, 2.45) is 5.92 Å². The van der Waals surface area contributed by atoms with Gasteiger partial charge < -0.3 is 5.11 Å². The Balaban J connectivity index is 3.43. The molecule has 0 saturated heterocycles. The van der Waals surface area contributed by atoms with E-state index in [1.807, 2.05) is 6.08 Å². The lowest BCUT2D eigenvalue weighted by molar-refractivity contribution is 0.342. The molecule has 1 atom stereocenters. The topological polar surface area (TPSA) is 20.2 Å². The Labute approximate surface area is 69.4 Å². The number of rotatable bonds is 5. The van der Waals surface area contributed by atoms with E-state index in [9.17, 15) is 0 Å². The molecule has 0 saturated carbocycles. The molecule has 0 aromatic rings. The average Bonchev–Trinajstić information content (AvgIpc) is 2.01. The second kappa shape index (κ2) is 7.55. The minimum atomic E-state index is 0.155. The quantitative estimate of drug-likeness (QED) is 0.603. The van der Waals surface area contributed by atoms with E-state index in [4.69, 9.17) is 5.11 Å². The fourth-order valence-corrected chi connectivity index (χ4v) is 0.849. The van der Waals surface area contributed by atoms with Crippen LogP contribution >= 0.6 is 0 Å². The van der Waals surface area contributed by atoms with Crippen molar-refractivity contribution in [1.29, 1.82) is 0 Å². The number of aliphatic hydroxyl groups excluding tert-OH is 1. The van der Waals surface area contributed by atoms with Crippen molar-refractivity contribution in [1.82, 2.24) is 0 Å². The summed E-state index contributed by atoms with van der Waals surface area (Å²) in [5, 5.41) is 8.48. The zero-order valence-corrected chi connectivity index (χ0v) is 7.46. The molecule has 1 nitrogen and oxygen atoms in total. The third-order valence-electron chi connectivity index (χ3n) is 1.48. The Kier molecular flexibility index (Phi) is 7.16. The van der Waals surface area contributed by atoms with Gasteiger partial charge in [-0.15, -0.1) is 0 Å². The van der Waals surface area contributed by atoms with Crippen molar-refractivity contribution >= 4 is 0 Å². The van der Waals surface area contributed by atoms with Crippen LogP contribution in [0.3, 0.4) is 0 Å². The summed E-state index contributed by atoms with van der Waals surface area (Å²) in [5.41, 5.74) is 0. The van der Waals surface area contributed by atoms with Crippen molar-refractivity contribution < 1.29 is 5.11 Å². The molecule has 0 bridgehead atoms. The molecule has 0 radical (unpaired) electrons. The largest absolute Gasteiger partial charge is 0.392 e. The fourth-order valence-electron chi connectivity index (χ4n) is 0.849. The smallest absolute Gasteiger partial charge is 0.0612 e. The van der Waals surface area contributed by atoms with Crippen molar-refractivity contribution in [3.63, 3.8) is 0 Å². The van der Waals surface area contributed by atoms with Crippen LogP contribution in [0.25, 0.3) is 0 Å². The van der Waals surface area contributed by atoms with Crippen LogP contribution in [0.5, 0.6) is 0 Å². The van der Waals surface area contributed by atoms with Gasteiger partial charge >= 0.3 is 0 Å². The lowest BCUT2D eigenvalue weighted by atomic mass is 10.1. The van der Waals surface area contributed by atoms with Gasteiger partial charge in [-0.05, 0) is 18.8 Å². The lowest BCUT2D eigenvalue weighted by Gasteiger charge is -1.99. The van der Waals surface area contributed by atoms with Crippen LogP contribution in [0.2, 0.25) is 0 Å². The van der Waals surface area contributed by atoms with E-state index in [1.54, 1.807) is 6.08 Å². The molecule has 0 fully saturated rings. The van der Waals surface area contributed by atoms with Crippen molar-refractivity contribution in [2.45, 2.75) is 26.7 Å². The maximum absolute atomic E-state index is 8.48. The molecule has 64 valence electrons. The second-order valence-corrected chi connectivity index (χ2v) is 2.70. The van der Waals surface area contributed by atoms with Crippen LogP contribution in [0.4, 0.5) is 0 Å². The number of allylic oxidation sites excluding steroid dienone is 3. The molecule has 11 heavy (non-hydrogen) atoms. The molecule has 0 amide bonds. The van der Waals surface area contributed by atoms with Gasteiger partial charge in [0.2, 0.25) is 0 Å². The van der Waals surface area contributed by atoms with Crippen molar-refractivity contribution in [2.75, 3.05) is 6.61 Å². The number of hydrogen-bond donors (Lipinski definition) is 1. The Bertz CT molecular complexity index is 125. The van der Waals surface area contributed by atoms with Gasteiger partial charge in [-0.25, -0.2) is 0 Å². The normalized spacial score (nSPS) is 14.8. The third-order valence-corrected chi connectivity index (χ3v) is 1.48. The summed E-state index contributed by atoms with van der Waals surface area (Å²) in [6.07, 6.45) is 10.4. The van der Waals surface area contributed by atoms with Crippen LogP contribution in [0.15, 0.2) is 24.3 Å². The van der Waals surface area contributed by atoms with Gasteiger partial charge in [-0.3, -0.25) is 0 Å². The van der Waals surface area contributed by atoms with Gasteiger partial charge in [0.15, 0.2) is 0 Å². The predicted octanol–water partition coefficient (Wildman–Crippen LogP) is 2.53. The highest BCUT2D eigenvalue weighted by atomic mass is 16.2. The van der Waals surface area contributed by atoms with Crippen LogP contribution in [-0.2, 0) is 0 Å². The van der Waals surface area contributed by atoms with Gasteiger partial charge in [0.1, 0.15) is 0 Å². The molecule has 1 heteroatoms. The van der Waals surface area contributed by atoms with E-state index >= 15 is 0 Å². The first-order valence-corrected chi connectivity index (χ1v) is 4.23. The maximum atomic E-state index is 8.48. The zero-order valence-electron chi connectivity index (χ0n) is 7.46. The number of aliphatic hydroxyl groups is 1. The highest BCUT2D eigenvalue weighted by Crippen LogP contribution is 2.04. The fraction of sp³-hybridized carbons (Fsp3) is 0.600. The molecule has 1 N–H and O–H groups in total. The summed E-state index contributed by atoms with van der Waals surface area (Å²) in [4.78, 5) is 0. The molecule has 0 aliphatic rings. The maximum Gasteiger partial charge on any atom is 0.0612 e. The highest BCUT2D eigenvalue weighted by molar-refractivity contribution is 4.91. The van der Waals surface area contributed by atoms with Crippen LogP contribution in [0.1, 0.15) is 26.7 Å². The van der Waals surface area contributed by atoms with Crippen LogP contribution < -0.4 is 0 Å². The van der Waals surface area contributed by atoms with E-state index in [0.29, 0.717) is 5.92 Å². The minimum absolute atomic E-state index is 0.155. The first-order chi connectivity index (χ1) is 5.31. The summed E-state index contributed by atoms with van der Waals surface area (Å²) < 4.78 is 0. The summed E-state index contributed by atoms with van der Waals surface area (Å²) in [6.45, 7) is 4.43. The Morgan fingerprint density at radius 3 is 2.55 bits per heavy atom. The van der Waals surface area contributed by atoms with E-state index in [2.05, 4.69) is 26.0 Å². The van der Waals surface area contributed by atoms with Crippen LogP contribution in [0, 0.1) is 5.92 Å². The molecule has 0 heterocycles. The predicted molar refractivity (Wildman–Crippen MR) is 49.4 cm³/mol. The van der Waals surface area contributed by atoms with Gasteiger partial charge in [-0.1, -0.05) is 38.2 Å². The third kappa shape index (κ3) is 7.34. The van der Waals surface area contributed by atoms with Gasteiger partial charge in [-0.2, -0.15) is 0 Å². The summed E-state index contributed by atoms with van der Waals surface area (Å²) in [5.74, 6) is 0.546. The molecule has 1 unspecified atom stereocenters. The Morgan fingerprint density at radius 1 is 1.27 bits per heavy atom. The Morgan fingerprint density at radius 2 is 2.00 bits per heavy atom. The molecule has 0 rings (SSSR count). The SMILES string of the molecule is CC/C=C/CC(C)/C=C\CO. The van der Waals surface area contributed by atoms with Gasteiger partial charge in [0.05, 0.1) is 6.61 Å². The molecule has 0 aromatic heterocycles. The molecular formula is C10H18O. The van der Waals surface area contributed by atoms with Crippen LogP contribution in [-0.4, -0.2) is 11.7 Å². The van der Waals surface area contributed by atoms with Gasteiger partial charge in [0.25, 0.3) is 0 Å². The van der Waals surface area contributed by atoms with Crippen molar-refractivity contribution in [3.05, 3.63) is 24.3 Å². The van der Waals surface area contributed by atoms with E-state index < -0.39 is 0 Å². The second-order valence-electron chi connectivity index (χ2n) is 2.70. The first-order valence-electron chi connectivity index (χ1n) is 4.23. The minimum Gasteiger partial charge on any atom is -0.392 e. The summed E-state index contributed by atoms with van der Waals surface area (Å²) >= 11 is 0. The van der Waals surface area contributed by atoms with Gasteiger partial charge in [0, 0.05) is 0 Å². The molecular weight excluding hydrogens is 136 g/mol.